The number of esters is 1. The average Bonchev–Trinajstić information content (AvgIpc) is 2.62. The van der Waals surface area contributed by atoms with Gasteiger partial charge in [-0.2, -0.15) is 22.0 Å². The highest BCUT2D eigenvalue weighted by atomic mass is 19.4. The molecule has 1 saturated heterocycles. The Labute approximate surface area is 117 Å². The van der Waals surface area contributed by atoms with Crippen LogP contribution in [0.1, 0.15) is 17.5 Å². The largest absolute Gasteiger partial charge is 0.456 e. The number of alkyl halides is 5. The second kappa shape index (κ2) is 5.59. The van der Waals surface area contributed by atoms with E-state index in [2.05, 4.69) is 10.1 Å². The molecule has 1 unspecified atom stereocenters. The fourth-order valence-corrected chi connectivity index (χ4v) is 1.95. The number of ether oxygens (including phenoxy) is 1. The van der Waals surface area contributed by atoms with Gasteiger partial charge in [0.15, 0.2) is 0 Å². The molecule has 0 aliphatic carbocycles. The predicted molar refractivity (Wildman–Crippen MR) is 62.6 cm³/mol. The highest BCUT2D eigenvalue weighted by molar-refractivity contribution is 5.79. The van der Waals surface area contributed by atoms with E-state index in [1.54, 1.807) is 0 Å². The Bertz CT molecular complexity index is 512. The molecule has 3 nitrogen and oxygen atoms in total. The van der Waals surface area contributed by atoms with E-state index in [1.165, 1.54) is 12.1 Å². The number of rotatable bonds is 4. The molecule has 1 aliphatic rings. The van der Waals surface area contributed by atoms with Gasteiger partial charge in [0.05, 0.1) is 12.0 Å². The SMILES string of the molecule is O=C1OC(CNCc2ccc(C(F)(F)F)cc2)CC1(F)F. The van der Waals surface area contributed by atoms with Crippen LogP contribution >= 0.6 is 0 Å². The zero-order chi connectivity index (χ0) is 15.7. The van der Waals surface area contributed by atoms with E-state index in [4.69, 9.17) is 0 Å². The highest BCUT2D eigenvalue weighted by Gasteiger charge is 2.50. The number of carbonyl (C=O) groups is 1. The van der Waals surface area contributed by atoms with E-state index >= 15 is 0 Å². The summed E-state index contributed by atoms with van der Waals surface area (Å²) in [5.41, 5.74) is -0.185. The number of hydrogen-bond acceptors (Lipinski definition) is 3. The molecular weight excluding hydrogens is 297 g/mol. The minimum atomic E-state index is -4.39. The standard InChI is InChI=1S/C13H12F5NO2/c14-12(15)5-10(21-11(12)20)7-19-6-8-1-3-9(4-2-8)13(16,17)18/h1-4,10,19H,5-7H2. The summed E-state index contributed by atoms with van der Waals surface area (Å²) in [4.78, 5) is 10.8. The Hall–Kier alpha value is -1.70. The fraction of sp³-hybridized carbons (Fsp3) is 0.462. The second-order valence-electron chi connectivity index (χ2n) is 4.76. The Morgan fingerprint density at radius 1 is 1.24 bits per heavy atom. The smallest absolute Gasteiger partial charge is 0.416 e. The van der Waals surface area contributed by atoms with Gasteiger partial charge in [-0.15, -0.1) is 0 Å². The molecule has 21 heavy (non-hydrogen) atoms. The number of halogens is 5. The van der Waals surface area contributed by atoms with Crippen LogP contribution in [0.2, 0.25) is 0 Å². The molecule has 0 bridgehead atoms. The van der Waals surface area contributed by atoms with Crippen molar-refractivity contribution in [3.63, 3.8) is 0 Å². The van der Waals surface area contributed by atoms with Crippen LogP contribution in [0.4, 0.5) is 22.0 Å². The molecule has 116 valence electrons. The average molecular weight is 309 g/mol. The van der Waals surface area contributed by atoms with Gasteiger partial charge in [0.1, 0.15) is 6.10 Å². The van der Waals surface area contributed by atoms with E-state index in [0.29, 0.717) is 5.56 Å². The second-order valence-corrected chi connectivity index (χ2v) is 4.76. The minimum Gasteiger partial charge on any atom is -0.456 e. The maximum absolute atomic E-state index is 12.9. The number of cyclic esters (lactones) is 1. The third kappa shape index (κ3) is 3.90. The third-order valence-corrected chi connectivity index (χ3v) is 3.04. The molecule has 1 heterocycles. The first-order chi connectivity index (χ1) is 9.68. The zero-order valence-corrected chi connectivity index (χ0v) is 10.7. The first-order valence-corrected chi connectivity index (χ1v) is 6.14. The lowest BCUT2D eigenvalue weighted by atomic mass is 10.1. The monoisotopic (exact) mass is 309 g/mol. The molecule has 1 N–H and O–H groups in total. The molecule has 2 rings (SSSR count). The maximum atomic E-state index is 12.9. The molecule has 0 saturated carbocycles. The Kier molecular flexibility index (Phi) is 4.18. The summed E-state index contributed by atoms with van der Waals surface area (Å²) in [6.07, 6.45) is -6.01. The van der Waals surface area contributed by atoms with Gasteiger partial charge in [-0.25, -0.2) is 4.79 Å². The van der Waals surface area contributed by atoms with Crippen LogP contribution in [-0.4, -0.2) is 24.5 Å². The van der Waals surface area contributed by atoms with Gasteiger partial charge in [0, 0.05) is 13.1 Å². The molecule has 0 spiro atoms. The summed E-state index contributed by atoms with van der Waals surface area (Å²) >= 11 is 0. The summed E-state index contributed by atoms with van der Waals surface area (Å²) in [6, 6.07) is 4.48. The Morgan fingerprint density at radius 3 is 2.33 bits per heavy atom. The third-order valence-electron chi connectivity index (χ3n) is 3.04. The van der Waals surface area contributed by atoms with Crippen molar-refractivity contribution in [3.05, 3.63) is 35.4 Å². The molecule has 0 aromatic heterocycles. The van der Waals surface area contributed by atoms with Gasteiger partial charge >= 0.3 is 18.1 Å². The molecule has 1 aliphatic heterocycles. The van der Waals surface area contributed by atoms with Crippen LogP contribution in [0, 0.1) is 0 Å². The predicted octanol–water partition coefficient (Wildman–Crippen LogP) is 2.75. The number of hydrogen-bond donors (Lipinski definition) is 1. The molecule has 0 radical (unpaired) electrons. The van der Waals surface area contributed by atoms with Gasteiger partial charge in [-0.1, -0.05) is 12.1 Å². The van der Waals surface area contributed by atoms with E-state index in [-0.39, 0.29) is 13.1 Å². The van der Waals surface area contributed by atoms with Gasteiger partial charge in [0.25, 0.3) is 0 Å². The van der Waals surface area contributed by atoms with Crippen molar-refractivity contribution >= 4 is 5.97 Å². The number of carbonyl (C=O) groups excluding carboxylic acids is 1. The quantitative estimate of drug-likeness (QED) is 0.686. The van der Waals surface area contributed by atoms with Crippen LogP contribution in [0.25, 0.3) is 0 Å². The van der Waals surface area contributed by atoms with Gasteiger partial charge in [0.2, 0.25) is 0 Å². The molecule has 8 heteroatoms. The molecule has 1 aromatic carbocycles. The van der Waals surface area contributed by atoms with Crippen molar-refractivity contribution < 1.29 is 31.5 Å². The van der Waals surface area contributed by atoms with E-state index in [0.717, 1.165) is 12.1 Å². The van der Waals surface area contributed by atoms with E-state index < -0.39 is 36.2 Å². The summed E-state index contributed by atoms with van der Waals surface area (Å²) in [5.74, 6) is -5.00. The lowest BCUT2D eigenvalue weighted by molar-refractivity contribution is -0.159. The van der Waals surface area contributed by atoms with Crippen LogP contribution in [-0.2, 0) is 22.3 Å². The summed E-state index contributed by atoms with van der Waals surface area (Å²) in [6.45, 7) is 0.208. The first kappa shape index (κ1) is 15.7. The van der Waals surface area contributed by atoms with Gasteiger partial charge in [-0.3, -0.25) is 0 Å². The topological polar surface area (TPSA) is 38.3 Å². The Morgan fingerprint density at radius 2 is 1.86 bits per heavy atom. The summed E-state index contributed by atoms with van der Waals surface area (Å²) in [7, 11) is 0. The van der Waals surface area contributed by atoms with Gasteiger partial charge in [-0.05, 0) is 17.7 Å². The van der Waals surface area contributed by atoms with Crippen molar-refractivity contribution in [2.24, 2.45) is 0 Å². The van der Waals surface area contributed by atoms with Crippen molar-refractivity contribution in [2.45, 2.75) is 31.2 Å². The van der Waals surface area contributed by atoms with Crippen LogP contribution in [0.3, 0.4) is 0 Å². The molecular formula is C13H12F5NO2. The molecule has 1 fully saturated rings. The highest BCUT2D eigenvalue weighted by Crippen LogP contribution is 2.31. The lowest BCUT2D eigenvalue weighted by Crippen LogP contribution is -2.26. The maximum Gasteiger partial charge on any atom is 0.416 e. The van der Waals surface area contributed by atoms with Gasteiger partial charge < -0.3 is 10.1 Å². The number of nitrogens with one attached hydrogen (secondary N) is 1. The minimum absolute atomic E-state index is 0.0162. The first-order valence-electron chi connectivity index (χ1n) is 6.14. The zero-order valence-electron chi connectivity index (χ0n) is 10.7. The van der Waals surface area contributed by atoms with Crippen molar-refractivity contribution in [1.82, 2.24) is 5.32 Å². The molecule has 1 atom stereocenters. The van der Waals surface area contributed by atoms with Crippen LogP contribution < -0.4 is 5.32 Å². The van der Waals surface area contributed by atoms with Crippen LogP contribution in [0.15, 0.2) is 24.3 Å². The molecule has 0 amide bonds. The van der Waals surface area contributed by atoms with Crippen molar-refractivity contribution in [2.75, 3.05) is 6.54 Å². The van der Waals surface area contributed by atoms with Crippen molar-refractivity contribution in [1.29, 1.82) is 0 Å². The fourth-order valence-electron chi connectivity index (χ4n) is 1.95. The normalized spacial score (nSPS) is 21.4. The molecule has 1 aromatic rings. The van der Waals surface area contributed by atoms with E-state index in [1.807, 2.05) is 0 Å². The van der Waals surface area contributed by atoms with Crippen LogP contribution in [0.5, 0.6) is 0 Å². The van der Waals surface area contributed by atoms with Crippen molar-refractivity contribution in [3.8, 4) is 0 Å². The van der Waals surface area contributed by atoms with E-state index in [9.17, 15) is 26.7 Å². The summed E-state index contributed by atoms with van der Waals surface area (Å²) in [5, 5.41) is 2.77. The Balaban J connectivity index is 1.81. The number of benzene rings is 1. The summed E-state index contributed by atoms with van der Waals surface area (Å²) < 4.78 is 67.3. The lowest BCUT2D eigenvalue weighted by Gasteiger charge is -2.11.